The van der Waals surface area contributed by atoms with Gasteiger partial charge in [-0.25, -0.2) is 0 Å². The van der Waals surface area contributed by atoms with Crippen LogP contribution < -0.4 is 0 Å². The first-order valence-corrected chi connectivity index (χ1v) is 6.46. The van der Waals surface area contributed by atoms with Crippen molar-refractivity contribution < 1.29 is 5.11 Å². The number of hydrogen-bond acceptors (Lipinski definition) is 3. The SMILES string of the molecule is OCCN1CCN(Cc2ccc(Cl)cc2)CC1. The van der Waals surface area contributed by atoms with E-state index in [2.05, 4.69) is 21.9 Å². The van der Waals surface area contributed by atoms with Gasteiger partial charge in [-0.3, -0.25) is 9.80 Å². The lowest BCUT2D eigenvalue weighted by Crippen LogP contribution is -2.46. The van der Waals surface area contributed by atoms with E-state index in [1.54, 1.807) is 0 Å². The van der Waals surface area contributed by atoms with Crippen LogP contribution in [0.1, 0.15) is 5.56 Å². The van der Waals surface area contributed by atoms with E-state index in [1.807, 2.05) is 12.1 Å². The summed E-state index contributed by atoms with van der Waals surface area (Å²) in [6.45, 7) is 6.30. The smallest absolute Gasteiger partial charge is 0.0558 e. The van der Waals surface area contributed by atoms with Crippen molar-refractivity contribution in [3.05, 3.63) is 34.9 Å². The van der Waals surface area contributed by atoms with E-state index >= 15 is 0 Å². The minimum Gasteiger partial charge on any atom is -0.395 e. The molecule has 1 aliphatic heterocycles. The van der Waals surface area contributed by atoms with Crippen molar-refractivity contribution in [2.24, 2.45) is 0 Å². The summed E-state index contributed by atoms with van der Waals surface area (Å²) in [6.07, 6.45) is 0. The monoisotopic (exact) mass is 254 g/mol. The van der Waals surface area contributed by atoms with Crippen LogP contribution in [0.15, 0.2) is 24.3 Å². The van der Waals surface area contributed by atoms with E-state index in [0.29, 0.717) is 0 Å². The Balaban J connectivity index is 1.79. The Bertz CT molecular complexity index is 334. The van der Waals surface area contributed by atoms with Gasteiger partial charge < -0.3 is 5.11 Å². The number of halogens is 1. The number of β-amino-alcohol motifs (C(OH)–C–C–N with tert-alkyl or cyclic N) is 1. The first kappa shape index (κ1) is 12.8. The third-order valence-corrected chi connectivity index (χ3v) is 3.45. The maximum absolute atomic E-state index is 8.88. The molecule has 0 radical (unpaired) electrons. The van der Waals surface area contributed by atoms with Gasteiger partial charge in [-0.05, 0) is 17.7 Å². The molecule has 1 aliphatic rings. The molecule has 2 rings (SSSR count). The Kier molecular flexibility index (Phi) is 4.80. The lowest BCUT2D eigenvalue weighted by Gasteiger charge is -2.34. The molecule has 1 N–H and O–H groups in total. The van der Waals surface area contributed by atoms with Gasteiger partial charge in [0.2, 0.25) is 0 Å². The zero-order valence-electron chi connectivity index (χ0n) is 9.98. The molecule has 4 heteroatoms. The second kappa shape index (κ2) is 6.36. The molecule has 0 spiro atoms. The van der Waals surface area contributed by atoms with Crippen LogP contribution in [0.3, 0.4) is 0 Å². The lowest BCUT2D eigenvalue weighted by atomic mass is 10.2. The van der Waals surface area contributed by atoms with Crippen LogP contribution in [0, 0.1) is 0 Å². The highest BCUT2D eigenvalue weighted by Gasteiger charge is 2.15. The van der Waals surface area contributed by atoms with Gasteiger partial charge in [0.05, 0.1) is 6.61 Å². The van der Waals surface area contributed by atoms with E-state index in [-0.39, 0.29) is 6.61 Å². The lowest BCUT2D eigenvalue weighted by molar-refractivity contribution is 0.108. The van der Waals surface area contributed by atoms with Gasteiger partial charge in [-0.1, -0.05) is 23.7 Å². The fraction of sp³-hybridized carbons (Fsp3) is 0.538. The minimum absolute atomic E-state index is 0.261. The molecule has 0 bridgehead atoms. The normalized spacial score (nSPS) is 18.5. The molecule has 1 saturated heterocycles. The fourth-order valence-corrected chi connectivity index (χ4v) is 2.29. The standard InChI is InChI=1S/C13H19ClN2O/c14-13-3-1-12(2-4-13)11-16-7-5-15(6-8-16)9-10-17/h1-4,17H,5-11H2. The van der Waals surface area contributed by atoms with Gasteiger partial charge in [-0.2, -0.15) is 0 Å². The quantitative estimate of drug-likeness (QED) is 0.881. The van der Waals surface area contributed by atoms with E-state index in [0.717, 1.165) is 44.3 Å². The second-order valence-corrected chi connectivity index (χ2v) is 4.90. The molecule has 1 fully saturated rings. The molecule has 0 saturated carbocycles. The van der Waals surface area contributed by atoms with Crippen molar-refractivity contribution in [3.8, 4) is 0 Å². The molecule has 0 amide bonds. The number of piperazine rings is 1. The molecule has 17 heavy (non-hydrogen) atoms. The average molecular weight is 255 g/mol. The number of aliphatic hydroxyl groups is 1. The summed E-state index contributed by atoms with van der Waals surface area (Å²) in [6, 6.07) is 8.06. The van der Waals surface area contributed by atoms with Gasteiger partial charge in [0.25, 0.3) is 0 Å². The van der Waals surface area contributed by atoms with Crippen LogP contribution in [-0.4, -0.2) is 54.2 Å². The van der Waals surface area contributed by atoms with Crippen molar-refractivity contribution in [2.75, 3.05) is 39.3 Å². The van der Waals surface area contributed by atoms with Crippen LogP contribution in [0.2, 0.25) is 5.02 Å². The van der Waals surface area contributed by atoms with Gasteiger partial charge in [0.15, 0.2) is 0 Å². The third kappa shape index (κ3) is 3.96. The van der Waals surface area contributed by atoms with Crippen LogP contribution in [-0.2, 0) is 6.54 Å². The maximum Gasteiger partial charge on any atom is 0.0558 e. The first-order valence-electron chi connectivity index (χ1n) is 6.08. The Hall–Kier alpha value is -0.610. The van der Waals surface area contributed by atoms with E-state index in [1.165, 1.54) is 5.56 Å². The molecular weight excluding hydrogens is 236 g/mol. The van der Waals surface area contributed by atoms with Gasteiger partial charge >= 0.3 is 0 Å². The predicted molar refractivity (Wildman–Crippen MR) is 70.3 cm³/mol. The molecule has 0 atom stereocenters. The zero-order valence-corrected chi connectivity index (χ0v) is 10.7. The number of hydrogen-bond donors (Lipinski definition) is 1. The highest BCUT2D eigenvalue weighted by Crippen LogP contribution is 2.12. The van der Waals surface area contributed by atoms with Crippen molar-refractivity contribution >= 4 is 11.6 Å². The summed E-state index contributed by atoms with van der Waals surface area (Å²) in [5.74, 6) is 0. The number of rotatable bonds is 4. The molecule has 3 nitrogen and oxygen atoms in total. The molecule has 0 unspecified atom stereocenters. The molecule has 94 valence electrons. The van der Waals surface area contributed by atoms with Gasteiger partial charge in [-0.15, -0.1) is 0 Å². The highest BCUT2D eigenvalue weighted by molar-refractivity contribution is 6.30. The van der Waals surface area contributed by atoms with Crippen molar-refractivity contribution in [2.45, 2.75) is 6.54 Å². The summed E-state index contributed by atoms with van der Waals surface area (Å²) in [4.78, 5) is 4.75. The highest BCUT2D eigenvalue weighted by atomic mass is 35.5. The van der Waals surface area contributed by atoms with Crippen molar-refractivity contribution in [1.29, 1.82) is 0 Å². The van der Waals surface area contributed by atoms with Gasteiger partial charge in [0, 0.05) is 44.3 Å². The fourth-order valence-electron chi connectivity index (χ4n) is 2.16. The summed E-state index contributed by atoms with van der Waals surface area (Å²) in [7, 11) is 0. The first-order chi connectivity index (χ1) is 8.28. The van der Waals surface area contributed by atoms with Crippen molar-refractivity contribution in [3.63, 3.8) is 0 Å². The van der Waals surface area contributed by atoms with Gasteiger partial charge in [0.1, 0.15) is 0 Å². The number of nitrogens with zero attached hydrogens (tertiary/aromatic N) is 2. The van der Waals surface area contributed by atoms with E-state index in [9.17, 15) is 0 Å². The molecule has 0 aromatic heterocycles. The zero-order chi connectivity index (χ0) is 12.1. The molecule has 1 aromatic carbocycles. The maximum atomic E-state index is 8.88. The molecule has 1 aromatic rings. The van der Waals surface area contributed by atoms with Crippen LogP contribution in [0.25, 0.3) is 0 Å². The summed E-state index contributed by atoms with van der Waals surface area (Å²) >= 11 is 5.86. The second-order valence-electron chi connectivity index (χ2n) is 4.47. The van der Waals surface area contributed by atoms with Crippen molar-refractivity contribution in [1.82, 2.24) is 9.80 Å². The Labute approximate surface area is 108 Å². The Morgan fingerprint density at radius 1 is 1.00 bits per heavy atom. The van der Waals surface area contributed by atoms with E-state index in [4.69, 9.17) is 16.7 Å². The number of aliphatic hydroxyl groups excluding tert-OH is 1. The number of benzene rings is 1. The predicted octanol–water partition coefficient (Wildman–Crippen LogP) is 1.45. The average Bonchev–Trinajstić information content (AvgIpc) is 2.35. The third-order valence-electron chi connectivity index (χ3n) is 3.20. The largest absolute Gasteiger partial charge is 0.395 e. The summed E-state index contributed by atoms with van der Waals surface area (Å²) in [5, 5.41) is 9.67. The van der Waals surface area contributed by atoms with Crippen LogP contribution in [0.5, 0.6) is 0 Å². The van der Waals surface area contributed by atoms with Crippen LogP contribution >= 0.6 is 11.6 Å². The molecular formula is C13H19ClN2O. The molecule has 0 aliphatic carbocycles. The summed E-state index contributed by atoms with van der Waals surface area (Å²) < 4.78 is 0. The van der Waals surface area contributed by atoms with Crippen LogP contribution in [0.4, 0.5) is 0 Å². The minimum atomic E-state index is 0.261. The Morgan fingerprint density at radius 2 is 1.59 bits per heavy atom. The molecule has 1 heterocycles. The van der Waals surface area contributed by atoms with E-state index < -0.39 is 0 Å². The topological polar surface area (TPSA) is 26.7 Å². The Morgan fingerprint density at radius 3 is 2.18 bits per heavy atom. The summed E-state index contributed by atoms with van der Waals surface area (Å²) in [5.41, 5.74) is 1.31.